The first-order valence-electron chi connectivity index (χ1n) is 7.08. The Hall–Kier alpha value is -1.47. The van der Waals surface area contributed by atoms with Crippen molar-refractivity contribution in [2.24, 2.45) is 5.41 Å². The van der Waals surface area contributed by atoms with Gasteiger partial charge >= 0.3 is 0 Å². The molecule has 0 saturated heterocycles. The fourth-order valence-electron chi connectivity index (χ4n) is 3.17. The van der Waals surface area contributed by atoms with E-state index in [0.717, 1.165) is 17.1 Å². The quantitative estimate of drug-likeness (QED) is 0.781. The molecule has 0 aliphatic heterocycles. The van der Waals surface area contributed by atoms with E-state index in [9.17, 15) is 0 Å². The average molecular weight is 286 g/mol. The van der Waals surface area contributed by atoms with E-state index in [0.29, 0.717) is 6.04 Å². The van der Waals surface area contributed by atoms with Crippen LogP contribution in [0.1, 0.15) is 36.6 Å². The van der Waals surface area contributed by atoms with Crippen LogP contribution in [0.4, 0.5) is 5.69 Å². The summed E-state index contributed by atoms with van der Waals surface area (Å²) in [6.45, 7) is 6.77. The predicted octanol–water partition coefficient (Wildman–Crippen LogP) is 5.38. The van der Waals surface area contributed by atoms with Crippen LogP contribution in [0.15, 0.2) is 42.5 Å². The zero-order chi connectivity index (χ0) is 14.3. The monoisotopic (exact) mass is 285 g/mol. The molecule has 0 spiro atoms. The number of halogens is 1. The van der Waals surface area contributed by atoms with Crippen molar-refractivity contribution in [3.8, 4) is 0 Å². The summed E-state index contributed by atoms with van der Waals surface area (Å²) in [6.07, 6.45) is 1.11. The number of rotatable bonds is 2. The number of fused-ring (bicyclic) bond motifs is 1. The Morgan fingerprint density at radius 2 is 1.90 bits per heavy atom. The molecule has 104 valence electrons. The zero-order valence-electron chi connectivity index (χ0n) is 12.2. The van der Waals surface area contributed by atoms with Crippen LogP contribution in [0.5, 0.6) is 0 Å². The highest BCUT2D eigenvalue weighted by Crippen LogP contribution is 2.47. The molecule has 0 radical (unpaired) electrons. The molecule has 2 aromatic carbocycles. The van der Waals surface area contributed by atoms with Gasteiger partial charge < -0.3 is 5.32 Å². The van der Waals surface area contributed by atoms with E-state index in [1.165, 1.54) is 16.7 Å². The van der Waals surface area contributed by atoms with Crippen molar-refractivity contribution >= 4 is 17.3 Å². The minimum atomic E-state index is 0.207. The van der Waals surface area contributed by atoms with Gasteiger partial charge in [-0.25, -0.2) is 0 Å². The Morgan fingerprint density at radius 1 is 1.15 bits per heavy atom. The van der Waals surface area contributed by atoms with Gasteiger partial charge in [0.15, 0.2) is 0 Å². The summed E-state index contributed by atoms with van der Waals surface area (Å²) < 4.78 is 0. The van der Waals surface area contributed by atoms with Crippen LogP contribution in [0, 0.1) is 12.3 Å². The van der Waals surface area contributed by atoms with E-state index in [4.69, 9.17) is 11.6 Å². The van der Waals surface area contributed by atoms with Crippen molar-refractivity contribution in [3.05, 3.63) is 64.2 Å². The maximum Gasteiger partial charge on any atom is 0.0570 e. The number of nitrogens with one attached hydrogen (secondary N) is 1. The number of hydrogen-bond donors (Lipinski definition) is 1. The van der Waals surface area contributed by atoms with E-state index in [1.54, 1.807) is 0 Å². The van der Waals surface area contributed by atoms with Crippen molar-refractivity contribution in [2.45, 2.75) is 33.2 Å². The third-order valence-electron chi connectivity index (χ3n) is 4.29. The summed E-state index contributed by atoms with van der Waals surface area (Å²) in [5, 5.41) is 4.49. The van der Waals surface area contributed by atoms with Gasteiger partial charge in [0, 0.05) is 10.7 Å². The van der Waals surface area contributed by atoms with Crippen molar-refractivity contribution in [1.82, 2.24) is 0 Å². The Morgan fingerprint density at radius 3 is 2.70 bits per heavy atom. The smallest absolute Gasteiger partial charge is 0.0570 e. The van der Waals surface area contributed by atoms with Gasteiger partial charge in [-0.2, -0.15) is 0 Å². The number of benzene rings is 2. The van der Waals surface area contributed by atoms with Gasteiger partial charge in [0.05, 0.1) is 6.04 Å². The fourth-order valence-corrected chi connectivity index (χ4v) is 3.34. The molecule has 1 nitrogen and oxygen atoms in total. The normalized spacial score (nSPS) is 19.7. The summed E-state index contributed by atoms with van der Waals surface area (Å²) in [4.78, 5) is 0. The third kappa shape index (κ3) is 2.31. The van der Waals surface area contributed by atoms with E-state index >= 15 is 0 Å². The fraction of sp³-hybridized carbons (Fsp3) is 0.333. The molecule has 0 heterocycles. The summed E-state index contributed by atoms with van der Waals surface area (Å²) in [5.41, 5.74) is 5.44. The molecule has 0 bridgehead atoms. The van der Waals surface area contributed by atoms with Crippen molar-refractivity contribution < 1.29 is 0 Å². The lowest BCUT2D eigenvalue weighted by atomic mass is 9.85. The first-order valence-corrected chi connectivity index (χ1v) is 7.46. The van der Waals surface area contributed by atoms with Crippen LogP contribution >= 0.6 is 11.6 Å². The molecule has 2 heteroatoms. The van der Waals surface area contributed by atoms with Crippen molar-refractivity contribution in [3.63, 3.8) is 0 Å². The molecular formula is C18H20ClN. The molecule has 2 aromatic rings. The first kappa shape index (κ1) is 13.5. The Kier molecular flexibility index (Phi) is 3.25. The van der Waals surface area contributed by atoms with Crippen LogP contribution in [0.3, 0.4) is 0 Å². The van der Waals surface area contributed by atoms with Gasteiger partial charge in [-0.1, -0.05) is 55.8 Å². The largest absolute Gasteiger partial charge is 0.377 e. The molecule has 1 unspecified atom stereocenters. The summed E-state index contributed by atoms with van der Waals surface area (Å²) in [7, 11) is 0. The number of hydrogen-bond acceptors (Lipinski definition) is 1. The van der Waals surface area contributed by atoms with E-state index in [-0.39, 0.29) is 5.41 Å². The van der Waals surface area contributed by atoms with Crippen LogP contribution in [-0.4, -0.2) is 0 Å². The van der Waals surface area contributed by atoms with E-state index in [2.05, 4.69) is 56.4 Å². The SMILES string of the molecule is Cc1ccc(Cl)cc1NC1c2ccccc2CC1(C)C. The maximum atomic E-state index is 6.13. The van der Waals surface area contributed by atoms with Gasteiger partial charge in [-0.3, -0.25) is 0 Å². The van der Waals surface area contributed by atoms with Gasteiger partial charge in [-0.05, 0) is 47.6 Å². The number of aryl methyl sites for hydroxylation is 1. The van der Waals surface area contributed by atoms with E-state index in [1.807, 2.05) is 12.1 Å². The Balaban J connectivity index is 1.99. The lowest BCUT2D eigenvalue weighted by Crippen LogP contribution is -2.24. The Bertz CT molecular complexity index is 646. The van der Waals surface area contributed by atoms with Crippen LogP contribution in [0.25, 0.3) is 0 Å². The topological polar surface area (TPSA) is 12.0 Å². The molecule has 1 atom stereocenters. The minimum Gasteiger partial charge on any atom is -0.377 e. The molecule has 1 aliphatic carbocycles. The summed E-state index contributed by atoms with van der Waals surface area (Å²) >= 11 is 6.13. The molecule has 0 amide bonds. The second kappa shape index (κ2) is 4.82. The highest BCUT2D eigenvalue weighted by molar-refractivity contribution is 6.30. The van der Waals surface area contributed by atoms with Gasteiger partial charge in [0.1, 0.15) is 0 Å². The highest BCUT2D eigenvalue weighted by Gasteiger charge is 2.38. The third-order valence-corrected chi connectivity index (χ3v) is 4.53. The van der Waals surface area contributed by atoms with Crippen LogP contribution in [0.2, 0.25) is 5.02 Å². The standard InChI is InChI=1S/C18H20ClN/c1-12-8-9-14(19)10-16(12)20-17-15-7-5-4-6-13(15)11-18(17,2)3/h4-10,17,20H,11H2,1-3H3. The minimum absolute atomic E-state index is 0.207. The molecular weight excluding hydrogens is 266 g/mol. The molecule has 0 saturated carbocycles. The summed E-state index contributed by atoms with van der Waals surface area (Å²) in [6, 6.07) is 15.1. The van der Waals surface area contributed by atoms with Crippen molar-refractivity contribution in [1.29, 1.82) is 0 Å². The predicted molar refractivity (Wildman–Crippen MR) is 86.5 cm³/mol. The maximum absolute atomic E-state index is 6.13. The molecule has 20 heavy (non-hydrogen) atoms. The average Bonchev–Trinajstić information content (AvgIpc) is 2.65. The van der Waals surface area contributed by atoms with Gasteiger partial charge in [-0.15, -0.1) is 0 Å². The van der Waals surface area contributed by atoms with Crippen molar-refractivity contribution in [2.75, 3.05) is 5.32 Å². The lowest BCUT2D eigenvalue weighted by molar-refractivity contribution is 0.337. The number of anilines is 1. The zero-order valence-corrected chi connectivity index (χ0v) is 13.0. The molecule has 1 aliphatic rings. The van der Waals surface area contributed by atoms with Crippen LogP contribution in [-0.2, 0) is 6.42 Å². The molecule has 0 aromatic heterocycles. The van der Waals surface area contributed by atoms with E-state index < -0.39 is 0 Å². The second-order valence-electron chi connectivity index (χ2n) is 6.40. The van der Waals surface area contributed by atoms with Gasteiger partial charge in [0.2, 0.25) is 0 Å². The molecule has 1 N–H and O–H groups in total. The second-order valence-corrected chi connectivity index (χ2v) is 6.84. The molecule has 3 rings (SSSR count). The lowest BCUT2D eigenvalue weighted by Gasteiger charge is -2.30. The molecule has 0 fully saturated rings. The van der Waals surface area contributed by atoms with Crippen LogP contribution < -0.4 is 5.32 Å². The summed E-state index contributed by atoms with van der Waals surface area (Å²) in [5.74, 6) is 0. The van der Waals surface area contributed by atoms with Gasteiger partial charge in [0.25, 0.3) is 0 Å². The Labute approximate surface area is 126 Å². The first-order chi connectivity index (χ1) is 9.47. The highest BCUT2D eigenvalue weighted by atomic mass is 35.5.